The Morgan fingerprint density at radius 3 is 2.43 bits per heavy atom. The van der Waals surface area contributed by atoms with Crippen molar-refractivity contribution in [1.29, 1.82) is 0 Å². The lowest BCUT2D eigenvalue weighted by Gasteiger charge is -2.33. The van der Waals surface area contributed by atoms with Crippen molar-refractivity contribution < 1.29 is 15.0 Å². The molecule has 7 heteroatoms. The fraction of sp³-hybridized carbons (Fsp3) is 0.857. The highest BCUT2D eigenvalue weighted by Gasteiger charge is 2.49. The first-order chi connectivity index (χ1) is 9.87. The standard InChI is InChI=1S/C14H28N4O3/c1-4-7(5-2)11(15)10-9(18-14(16)17-3)6-8(12(10)19)13(20)21/h7-12,19H,4-6,15H2,1-3H3,(H,20,21)(H3,16,17,18)/t8-,9+,10+,11?,12+/m0/s1. The van der Waals surface area contributed by atoms with Gasteiger partial charge in [0.1, 0.15) is 0 Å². The minimum atomic E-state index is -0.999. The maximum absolute atomic E-state index is 11.3. The molecular formula is C14H28N4O3. The third-order valence-corrected chi connectivity index (χ3v) is 4.71. The normalized spacial score (nSPS) is 31.4. The second-order valence-electron chi connectivity index (χ2n) is 5.76. The number of rotatable bonds is 6. The van der Waals surface area contributed by atoms with Gasteiger partial charge in [-0.3, -0.25) is 9.79 Å². The van der Waals surface area contributed by atoms with Crippen molar-refractivity contribution in [2.24, 2.45) is 34.2 Å². The molecule has 0 heterocycles. The van der Waals surface area contributed by atoms with Crippen molar-refractivity contribution >= 4 is 11.9 Å². The second-order valence-corrected chi connectivity index (χ2v) is 5.76. The molecule has 7 nitrogen and oxygen atoms in total. The zero-order valence-electron chi connectivity index (χ0n) is 13.0. The van der Waals surface area contributed by atoms with E-state index in [9.17, 15) is 15.0 Å². The molecule has 0 aliphatic heterocycles. The van der Waals surface area contributed by atoms with Gasteiger partial charge in [-0.1, -0.05) is 26.7 Å². The zero-order valence-corrected chi connectivity index (χ0v) is 13.0. The van der Waals surface area contributed by atoms with E-state index in [1.54, 1.807) is 7.05 Å². The summed E-state index contributed by atoms with van der Waals surface area (Å²) in [5.41, 5.74) is 12.0. The van der Waals surface area contributed by atoms with Crippen molar-refractivity contribution in [2.45, 2.75) is 51.3 Å². The molecule has 0 radical (unpaired) electrons. The first kappa shape index (κ1) is 17.7. The molecule has 1 fully saturated rings. The van der Waals surface area contributed by atoms with Crippen LogP contribution in [0.1, 0.15) is 33.1 Å². The van der Waals surface area contributed by atoms with Crippen molar-refractivity contribution in [3.63, 3.8) is 0 Å². The van der Waals surface area contributed by atoms with Gasteiger partial charge in [0.25, 0.3) is 0 Å². The molecule has 0 aromatic rings. The number of carboxylic acid groups (broad SMARTS) is 1. The third-order valence-electron chi connectivity index (χ3n) is 4.71. The van der Waals surface area contributed by atoms with E-state index < -0.39 is 18.0 Å². The lowest BCUT2D eigenvalue weighted by Crippen LogP contribution is -2.52. The molecule has 1 unspecified atom stereocenters. The summed E-state index contributed by atoms with van der Waals surface area (Å²) in [5.74, 6) is -1.70. The maximum Gasteiger partial charge on any atom is 0.309 e. The number of guanidine groups is 1. The molecule has 1 rings (SSSR count). The van der Waals surface area contributed by atoms with Crippen LogP contribution < -0.4 is 16.8 Å². The molecule has 1 saturated carbocycles. The number of nitrogens with one attached hydrogen (secondary N) is 1. The van der Waals surface area contributed by atoms with E-state index in [-0.39, 0.29) is 29.9 Å². The Morgan fingerprint density at radius 1 is 1.43 bits per heavy atom. The summed E-state index contributed by atoms with van der Waals surface area (Å²) in [4.78, 5) is 15.1. The first-order valence-corrected chi connectivity index (χ1v) is 7.52. The molecule has 0 spiro atoms. The molecule has 1 aliphatic carbocycles. The van der Waals surface area contributed by atoms with Gasteiger partial charge < -0.3 is 27.0 Å². The highest BCUT2D eigenvalue weighted by molar-refractivity contribution is 5.78. The van der Waals surface area contributed by atoms with E-state index >= 15 is 0 Å². The molecule has 1 aliphatic rings. The van der Waals surface area contributed by atoms with E-state index in [1.807, 2.05) is 13.8 Å². The van der Waals surface area contributed by atoms with Crippen LogP contribution in [0.2, 0.25) is 0 Å². The van der Waals surface area contributed by atoms with Crippen LogP contribution in [0.25, 0.3) is 0 Å². The van der Waals surface area contributed by atoms with Crippen LogP contribution >= 0.6 is 0 Å². The number of hydrogen-bond donors (Lipinski definition) is 5. The summed E-state index contributed by atoms with van der Waals surface area (Å²) < 4.78 is 0. The molecular weight excluding hydrogens is 272 g/mol. The number of carboxylic acids is 1. The van der Waals surface area contributed by atoms with Crippen LogP contribution in [0.15, 0.2) is 4.99 Å². The van der Waals surface area contributed by atoms with E-state index in [0.717, 1.165) is 12.8 Å². The van der Waals surface area contributed by atoms with Gasteiger partial charge in [-0.05, 0) is 12.3 Å². The average Bonchev–Trinajstić information content (AvgIpc) is 2.76. The topological polar surface area (TPSA) is 134 Å². The number of nitrogens with zero attached hydrogens (tertiary/aromatic N) is 1. The van der Waals surface area contributed by atoms with Crippen LogP contribution in [-0.2, 0) is 4.79 Å². The Kier molecular flexibility index (Phi) is 6.42. The predicted molar refractivity (Wildman–Crippen MR) is 81.8 cm³/mol. The molecule has 5 atom stereocenters. The van der Waals surface area contributed by atoms with E-state index in [2.05, 4.69) is 10.3 Å². The Balaban J connectivity index is 2.99. The molecule has 122 valence electrons. The number of carbonyl (C=O) groups is 1. The number of aliphatic imine (C=N–C) groups is 1. The summed E-state index contributed by atoms with van der Waals surface area (Å²) in [7, 11) is 1.55. The van der Waals surface area contributed by atoms with Crippen LogP contribution in [0.3, 0.4) is 0 Å². The summed E-state index contributed by atoms with van der Waals surface area (Å²) in [6.45, 7) is 4.10. The van der Waals surface area contributed by atoms with Gasteiger partial charge in [-0.15, -0.1) is 0 Å². The summed E-state index contributed by atoms with van der Waals surface area (Å²) in [6, 6.07) is -0.554. The number of aliphatic hydroxyl groups is 1. The molecule has 0 amide bonds. The summed E-state index contributed by atoms with van der Waals surface area (Å²) in [6.07, 6.45) is 1.11. The van der Waals surface area contributed by atoms with Crippen LogP contribution in [0, 0.1) is 17.8 Å². The summed E-state index contributed by atoms with van der Waals surface area (Å²) >= 11 is 0. The number of aliphatic carboxylic acids is 1. The number of nitrogens with two attached hydrogens (primary N) is 2. The molecule has 0 aromatic heterocycles. The average molecular weight is 300 g/mol. The van der Waals surface area contributed by atoms with Gasteiger partial charge in [0.2, 0.25) is 0 Å². The molecule has 21 heavy (non-hydrogen) atoms. The molecule has 0 aromatic carbocycles. The van der Waals surface area contributed by atoms with E-state index in [0.29, 0.717) is 6.42 Å². The lowest BCUT2D eigenvalue weighted by atomic mass is 9.81. The Hall–Kier alpha value is -1.34. The van der Waals surface area contributed by atoms with Crippen molar-refractivity contribution in [3.8, 4) is 0 Å². The smallest absolute Gasteiger partial charge is 0.309 e. The second kappa shape index (κ2) is 7.61. The Bertz CT molecular complexity index is 384. The SMILES string of the molecule is CCC(CC)C(N)[C@@H]1[C@H](O)[C@@H](C(=O)O)C[C@H]1NC(N)=NC. The predicted octanol–water partition coefficient (Wildman–Crippen LogP) is -0.266. The molecule has 0 bridgehead atoms. The van der Waals surface area contributed by atoms with Gasteiger partial charge in [-0.2, -0.15) is 0 Å². The fourth-order valence-electron chi connectivity index (χ4n) is 3.38. The van der Waals surface area contributed by atoms with E-state index in [1.165, 1.54) is 0 Å². The third kappa shape index (κ3) is 3.85. The number of hydrogen-bond acceptors (Lipinski definition) is 4. The minimum absolute atomic E-state index is 0.236. The number of aliphatic hydroxyl groups excluding tert-OH is 1. The van der Waals surface area contributed by atoms with Gasteiger partial charge in [0.15, 0.2) is 5.96 Å². The summed E-state index contributed by atoms with van der Waals surface area (Å²) in [5, 5.41) is 22.7. The van der Waals surface area contributed by atoms with Gasteiger partial charge in [0.05, 0.1) is 12.0 Å². The van der Waals surface area contributed by atoms with Crippen LogP contribution in [0.5, 0.6) is 0 Å². The maximum atomic E-state index is 11.3. The van der Waals surface area contributed by atoms with Gasteiger partial charge in [0, 0.05) is 25.0 Å². The Morgan fingerprint density at radius 2 is 2.00 bits per heavy atom. The van der Waals surface area contributed by atoms with Crippen LogP contribution in [0.4, 0.5) is 0 Å². The largest absolute Gasteiger partial charge is 0.481 e. The lowest BCUT2D eigenvalue weighted by molar-refractivity contribution is -0.145. The minimum Gasteiger partial charge on any atom is -0.481 e. The quantitative estimate of drug-likeness (QED) is 0.339. The zero-order chi connectivity index (χ0) is 16.2. The highest BCUT2D eigenvalue weighted by Crippen LogP contribution is 2.36. The fourth-order valence-corrected chi connectivity index (χ4v) is 3.38. The van der Waals surface area contributed by atoms with Crippen molar-refractivity contribution in [1.82, 2.24) is 5.32 Å². The van der Waals surface area contributed by atoms with Crippen molar-refractivity contribution in [3.05, 3.63) is 0 Å². The van der Waals surface area contributed by atoms with Gasteiger partial charge >= 0.3 is 5.97 Å². The Labute approximate surface area is 125 Å². The highest BCUT2D eigenvalue weighted by atomic mass is 16.4. The van der Waals surface area contributed by atoms with E-state index in [4.69, 9.17) is 11.5 Å². The monoisotopic (exact) mass is 300 g/mol. The first-order valence-electron chi connectivity index (χ1n) is 7.52. The van der Waals surface area contributed by atoms with Gasteiger partial charge in [-0.25, -0.2) is 0 Å². The van der Waals surface area contributed by atoms with Crippen molar-refractivity contribution in [2.75, 3.05) is 7.05 Å². The van der Waals surface area contributed by atoms with Crippen LogP contribution in [-0.4, -0.2) is 47.4 Å². The molecule has 0 saturated heterocycles. The molecule has 7 N–H and O–H groups in total.